The van der Waals surface area contributed by atoms with Gasteiger partial charge in [0.05, 0.1) is 30.4 Å². The van der Waals surface area contributed by atoms with Crippen molar-refractivity contribution in [3.8, 4) is 17.6 Å². The summed E-state index contributed by atoms with van der Waals surface area (Å²) in [5.41, 5.74) is 3.08. The fourth-order valence-corrected chi connectivity index (χ4v) is 6.71. The van der Waals surface area contributed by atoms with Gasteiger partial charge in [0.25, 0.3) is 0 Å². The second-order valence-corrected chi connectivity index (χ2v) is 14.5. The molecule has 0 saturated carbocycles. The van der Waals surface area contributed by atoms with Crippen LogP contribution in [-0.2, 0) is 17.9 Å². The molecule has 0 amide bonds. The Morgan fingerprint density at radius 1 is 1.10 bits per heavy atom. The van der Waals surface area contributed by atoms with E-state index in [0.717, 1.165) is 53.8 Å². The van der Waals surface area contributed by atoms with Gasteiger partial charge in [0.2, 0.25) is 0 Å². The number of aryl methyl sites for hydroxylation is 1. The van der Waals surface area contributed by atoms with Crippen molar-refractivity contribution < 1.29 is 29.5 Å². The van der Waals surface area contributed by atoms with E-state index >= 15 is 0 Å². The molecule has 2 heterocycles. The van der Waals surface area contributed by atoms with Crippen molar-refractivity contribution in [1.29, 1.82) is 5.26 Å². The van der Waals surface area contributed by atoms with Crippen LogP contribution in [0, 0.1) is 23.7 Å². The van der Waals surface area contributed by atoms with E-state index in [4.69, 9.17) is 14.2 Å². The molecule has 1 aromatic heterocycles. The Kier molecular flexibility index (Phi) is 12.7. The van der Waals surface area contributed by atoms with Gasteiger partial charge in [-0.3, -0.25) is 4.98 Å². The zero-order valence-electron chi connectivity index (χ0n) is 30.3. The zero-order valence-corrected chi connectivity index (χ0v) is 30.3. The average Bonchev–Trinajstić information content (AvgIpc) is 3.56. The van der Waals surface area contributed by atoms with Gasteiger partial charge in [-0.05, 0) is 61.6 Å². The number of allylic oxidation sites excluding steroid dienone is 2. The van der Waals surface area contributed by atoms with Crippen molar-refractivity contribution in [3.05, 3.63) is 107 Å². The second-order valence-electron chi connectivity index (χ2n) is 14.5. The third-order valence-electron chi connectivity index (χ3n) is 10.2. The van der Waals surface area contributed by atoms with Crippen LogP contribution in [0.1, 0.15) is 61.4 Å². The molecule has 0 bridgehead atoms. The quantitative estimate of drug-likeness (QED) is 0.144. The molecule has 4 N–H and O–H groups in total. The maximum Gasteiger partial charge on any atom is 0.129 e. The molecule has 3 aromatic rings. The minimum atomic E-state index is -0.884. The van der Waals surface area contributed by atoms with E-state index < -0.39 is 16.6 Å². The summed E-state index contributed by atoms with van der Waals surface area (Å²) in [7, 11) is 0. The predicted molar refractivity (Wildman–Crippen MR) is 197 cm³/mol. The number of ether oxygens (including phenoxy) is 3. The number of benzene rings is 2. The SMILES string of the molecule is Cc1cc(OC[C@@]2(OCCCN3CCC(O)C3)C=CC=C(c3ccccc3)C2(C)C)cc(OCc2cncc(C#N)c2)c1CNC(C)(CO)CO. The van der Waals surface area contributed by atoms with Crippen LogP contribution in [0.2, 0.25) is 0 Å². The summed E-state index contributed by atoms with van der Waals surface area (Å²) in [6.45, 7) is 11.4. The smallest absolute Gasteiger partial charge is 0.129 e. The lowest BCUT2D eigenvalue weighted by atomic mass is 9.65. The van der Waals surface area contributed by atoms with Crippen LogP contribution < -0.4 is 14.8 Å². The lowest BCUT2D eigenvalue weighted by Crippen LogP contribution is -2.52. The number of hydrogen-bond acceptors (Lipinski definition) is 10. The number of β-amino-alcohol motifs (C(OH)–C–C–N with tert-alkyl or cyclic N) is 1. The molecule has 5 rings (SSSR count). The normalized spacial score (nSPS) is 20.2. The molecule has 1 fully saturated rings. The molecule has 10 nitrogen and oxygen atoms in total. The first-order valence-corrected chi connectivity index (χ1v) is 17.7. The van der Waals surface area contributed by atoms with Gasteiger partial charge in [0.1, 0.15) is 36.4 Å². The van der Waals surface area contributed by atoms with E-state index in [9.17, 15) is 20.6 Å². The third kappa shape index (κ3) is 9.24. The Labute approximate surface area is 302 Å². The van der Waals surface area contributed by atoms with Gasteiger partial charge < -0.3 is 39.7 Å². The van der Waals surface area contributed by atoms with Crippen molar-refractivity contribution >= 4 is 5.57 Å². The standard InChI is InChI=1S/C41H52N4O6/c1-30-18-35(20-38(36(30)24-44-40(4,27-46)28-47)49-26-32-19-31(21-42)22-43-23-32)50-29-41(51-17-9-15-45-16-13-34(48)25-45)14-8-12-37(39(41,2)3)33-10-6-5-7-11-33/h5-8,10-12,14,18-20,22-23,34,44,46-48H,9,13,15-17,24-29H2,1-4H3/t34?,41-/m0/s1. The molecule has 2 aliphatic rings. The molecular weight excluding hydrogens is 644 g/mol. The second kappa shape index (κ2) is 17.0. The van der Waals surface area contributed by atoms with Crippen molar-refractivity contribution in [2.45, 2.75) is 70.9 Å². The minimum absolute atomic E-state index is 0.178. The van der Waals surface area contributed by atoms with Crippen molar-refractivity contribution in [2.24, 2.45) is 5.41 Å². The number of nitriles is 1. The molecule has 51 heavy (non-hydrogen) atoms. The Morgan fingerprint density at radius 2 is 1.88 bits per heavy atom. The number of aliphatic hydroxyl groups is 3. The number of nitrogens with one attached hydrogen (secondary N) is 1. The monoisotopic (exact) mass is 696 g/mol. The van der Waals surface area contributed by atoms with Gasteiger partial charge in [0, 0.05) is 67.8 Å². The first-order valence-electron chi connectivity index (χ1n) is 17.7. The summed E-state index contributed by atoms with van der Waals surface area (Å²) in [5, 5.41) is 42.4. The Hall–Kier alpha value is -4.08. The molecule has 1 aliphatic heterocycles. The van der Waals surface area contributed by atoms with E-state index in [1.165, 1.54) is 6.20 Å². The molecule has 0 radical (unpaired) electrons. The maximum atomic E-state index is 9.99. The topological polar surface area (TPSA) is 140 Å². The van der Waals surface area contributed by atoms with E-state index in [1.54, 1.807) is 19.2 Å². The number of likely N-dealkylation sites (tertiary alicyclic amines) is 1. The van der Waals surface area contributed by atoms with Crippen LogP contribution in [0.4, 0.5) is 0 Å². The summed E-state index contributed by atoms with van der Waals surface area (Å²) in [6.07, 6.45) is 10.9. The predicted octanol–water partition coefficient (Wildman–Crippen LogP) is 4.94. The van der Waals surface area contributed by atoms with Crippen LogP contribution in [0.5, 0.6) is 11.5 Å². The molecule has 2 aromatic carbocycles. The molecule has 1 unspecified atom stereocenters. The number of nitrogens with zero attached hydrogens (tertiary/aromatic N) is 3. The number of aromatic nitrogens is 1. The molecule has 10 heteroatoms. The Balaban J connectivity index is 1.41. The first-order chi connectivity index (χ1) is 24.5. The number of hydrogen-bond donors (Lipinski definition) is 4. The highest BCUT2D eigenvalue weighted by Crippen LogP contribution is 2.49. The highest BCUT2D eigenvalue weighted by atomic mass is 16.5. The summed E-state index contributed by atoms with van der Waals surface area (Å²) in [5.74, 6) is 1.18. The van der Waals surface area contributed by atoms with Gasteiger partial charge >= 0.3 is 0 Å². The summed E-state index contributed by atoms with van der Waals surface area (Å²) >= 11 is 0. The van der Waals surface area contributed by atoms with Gasteiger partial charge in [-0.15, -0.1) is 0 Å². The van der Waals surface area contributed by atoms with E-state index in [2.05, 4.69) is 65.5 Å². The zero-order chi connectivity index (χ0) is 36.5. The van der Waals surface area contributed by atoms with Crippen molar-refractivity contribution in [2.75, 3.05) is 46.1 Å². The molecule has 1 saturated heterocycles. The molecule has 2 atom stereocenters. The highest BCUT2D eigenvalue weighted by Gasteiger charge is 2.49. The van der Waals surface area contributed by atoms with Crippen LogP contribution in [0.15, 0.2) is 79.2 Å². The lowest BCUT2D eigenvalue weighted by molar-refractivity contribution is -0.0927. The van der Waals surface area contributed by atoms with Crippen LogP contribution >= 0.6 is 0 Å². The molecule has 1 aliphatic carbocycles. The number of pyridine rings is 1. The third-order valence-corrected chi connectivity index (χ3v) is 10.2. The van der Waals surface area contributed by atoms with Gasteiger partial charge in [-0.25, -0.2) is 0 Å². The van der Waals surface area contributed by atoms with Gasteiger partial charge in [-0.2, -0.15) is 5.26 Å². The lowest BCUT2D eigenvalue weighted by Gasteiger charge is -2.47. The van der Waals surface area contributed by atoms with Crippen molar-refractivity contribution in [1.82, 2.24) is 15.2 Å². The highest BCUT2D eigenvalue weighted by molar-refractivity contribution is 5.74. The number of aliphatic hydroxyl groups excluding tert-OH is 3. The van der Waals surface area contributed by atoms with Gasteiger partial charge in [0.15, 0.2) is 0 Å². The Morgan fingerprint density at radius 3 is 2.59 bits per heavy atom. The first kappa shape index (κ1) is 38.2. The summed E-state index contributed by atoms with van der Waals surface area (Å²) in [6, 6.07) is 18.1. The minimum Gasteiger partial charge on any atom is -0.490 e. The Bertz CT molecular complexity index is 1710. The molecule has 272 valence electrons. The summed E-state index contributed by atoms with van der Waals surface area (Å²) in [4.78, 5) is 6.45. The van der Waals surface area contributed by atoms with Crippen molar-refractivity contribution in [3.63, 3.8) is 0 Å². The molecule has 0 spiro atoms. The largest absolute Gasteiger partial charge is 0.490 e. The average molecular weight is 697 g/mol. The number of rotatable bonds is 17. The van der Waals surface area contributed by atoms with E-state index in [-0.39, 0.29) is 32.5 Å². The van der Waals surface area contributed by atoms with Crippen LogP contribution in [-0.4, -0.2) is 88.5 Å². The fraction of sp³-hybridized carbons (Fsp3) is 0.463. The summed E-state index contributed by atoms with van der Waals surface area (Å²) < 4.78 is 20.0. The maximum absolute atomic E-state index is 9.99. The van der Waals surface area contributed by atoms with E-state index in [1.807, 2.05) is 37.3 Å². The van der Waals surface area contributed by atoms with Crippen LogP contribution in [0.3, 0.4) is 0 Å². The van der Waals surface area contributed by atoms with E-state index in [0.29, 0.717) is 36.8 Å². The molecular formula is C41H52N4O6. The fourth-order valence-electron chi connectivity index (χ4n) is 6.71. The van der Waals surface area contributed by atoms with Crippen LogP contribution in [0.25, 0.3) is 5.57 Å². The van der Waals surface area contributed by atoms with Gasteiger partial charge in [-0.1, -0.05) is 56.3 Å².